The van der Waals surface area contributed by atoms with Crippen LogP contribution in [0.2, 0.25) is 0 Å². The van der Waals surface area contributed by atoms with Crippen LogP contribution in [0.1, 0.15) is 16.7 Å². The zero-order valence-corrected chi connectivity index (χ0v) is 9.91. The molecular formula is C15H16FN. The number of benzene rings is 2. The molecule has 88 valence electrons. The van der Waals surface area contributed by atoms with E-state index in [4.69, 9.17) is 0 Å². The summed E-state index contributed by atoms with van der Waals surface area (Å²) in [4.78, 5) is 0. The zero-order valence-electron chi connectivity index (χ0n) is 9.91. The van der Waals surface area contributed by atoms with E-state index in [1.54, 1.807) is 12.1 Å². The Labute approximate surface area is 101 Å². The second kappa shape index (κ2) is 5.60. The van der Waals surface area contributed by atoms with E-state index in [0.717, 1.165) is 18.5 Å². The van der Waals surface area contributed by atoms with Crippen LogP contribution in [0.5, 0.6) is 0 Å². The SMILES string of the molecule is CNCc1ccc(Cc2cccc(F)c2)cc1. The van der Waals surface area contributed by atoms with Gasteiger partial charge in [-0.15, -0.1) is 0 Å². The maximum atomic E-state index is 13.0. The summed E-state index contributed by atoms with van der Waals surface area (Å²) in [7, 11) is 1.93. The minimum Gasteiger partial charge on any atom is -0.316 e. The Balaban J connectivity index is 2.08. The van der Waals surface area contributed by atoms with Crippen molar-refractivity contribution in [3.8, 4) is 0 Å². The third kappa shape index (κ3) is 3.40. The van der Waals surface area contributed by atoms with E-state index in [9.17, 15) is 4.39 Å². The van der Waals surface area contributed by atoms with Crippen molar-refractivity contribution in [3.05, 3.63) is 71.0 Å². The van der Waals surface area contributed by atoms with E-state index in [-0.39, 0.29) is 5.82 Å². The summed E-state index contributed by atoms with van der Waals surface area (Å²) < 4.78 is 13.0. The fourth-order valence-electron chi connectivity index (χ4n) is 1.86. The van der Waals surface area contributed by atoms with E-state index in [0.29, 0.717) is 0 Å². The highest BCUT2D eigenvalue weighted by atomic mass is 19.1. The molecule has 0 fully saturated rings. The largest absolute Gasteiger partial charge is 0.316 e. The highest BCUT2D eigenvalue weighted by Gasteiger charge is 1.98. The summed E-state index contributed by atoms with van der Waals surface area (Å²) in [6.07, 6.45) is 0.775. The van der Waals surface area contributed by atoms with Gasteiger partial charge in [0.15, 0.2) is 0 Å². The lowest BCUT2D eigenvalue weighted by Crippen LogP contribution is -2.04. The van der Waals surface area contributed by atoms with Gasteiger partial charge in [-0.3, -0.25) is 0 Å². The van der Waals surface area contributed by atoms with Crippen LogP contribution in [0, 0.1) is 5.82 Å². The molecule has 0 aliphatic rings. The lowest BCUT2D eigenvalue weighted by molar-refractivity contribution is 0.626. The van der Waals surface area contributed by atoms with E-state index in [1.807, 2.05) is 13.1 Å². The Morgan fingerprint density at radius 2 is 1.65 bits per heavy atom. The van der Waals surface area contributed by atoms with E-state index < -0.39 is 0 Å². The molecule has 2 aromatic carbocycles. The van der Waals surface area contributed by atoms with E-state index in [2.05, 4.69) is 29.6 Å². The average molecular weight is 229 g/mol. The Bertz CT molecular complexity index is 477. The van der Waals surface area contributed by atoms with Crippen LogP contribution in [0.3, 0.4) is 0 Å². The molecule has 0 aliphatic heterocycles. The van der Waals surface area contributed by atoms with Crippen LogP contribution in [0.15, 0.2) is 48.5 Å². The molecule has 0 saturated heterocycles. The fraction of sp³-hybridized carbons (Fsp3) is 0.200. The number of nitrogens with one attached hydrogen (secondary N) is 1. The van der Waals surface area contributed by atoms with Gasteiger partial charge in [-0.25, -0.2) is 4.39 Å². The van der Waals surface area contributed by atoms with Crippen molar-refractivity contribution in [2.24, 2.45) is 0 Å². The Morgan fingerprint density at radius 1 is 0.941 bits per heavy atom. The second-order valence-electron chi connectivity index (χ2n) is 4.15. The molecular weight excluding hydrogens is 213 g/mol. The molecule has 0 radical (unpaired) electrons. The van der Waals surface area contributed by atoms with Gasteiger partial charge in [0.05, 0.1) is 0 Å². The number of rotatable bonds is 4. The predicted molar refractivity (Wildman–Crippen MR) is 68.4 cm³/mol. The van der Waals surface area contributed by atoms with Crippen molar-refractivity contribution in [1.29, 1.82) is 0 Å². The number of hydrogen-bond acceptors (Lipinski definition) is 1. The first-order valence-corrected chi connectivity index (χ1v) is 5.75. The van der Waals surface area contributed by atoms with Gasteiger partial charge in [0.2, 0.25) is 0 Å². The molecule has 0 bridgehead atoms. The number of hydrogen-bond donors (Lipinski definition) is 1. The van der Waals surface area contributed by atoms with Crippen LogP contribution in [0.25, 0.3) is 0 Å². The van der Waals surface area contributed by atoms with Gasteiger partial charge in [0, 0.05) is 6.54 Å². The molecule has 1 N–H and O–H groups in total. The molecule has 0 aromatic heterocycles. The summed E-state index contributed by atoms with van der Waals surface area (Å²) in [5.41, 5.74) is 3.47. The standard InChI is InChI=1S/C15H16FN/c1-17-11-13-7-5-12(6-8-13)9-14-3-2-4-15(16)10-14/h2-8,10,17H,9,11H2,1H3. The van der Waals surface area contributed by atoms with Crippen LogP contribution >= 0.6 is 0 Å². The van der Waals surface area contributed by atoms with Crippen molar-refractivity contribution < 1.29 is 4.39 Å². The van der Waals surface area contributed by atoms with Crippen molar-refractivity contribution in [1.82, 2.24) is 5.32 Å². The molecule has 0 aliphatic carbocycles. The summed E-state index contributed by atoms with van der Waals surface area (Å²) in [5, 5.41) is 3.11. The number of halogens is 1. The first-order valence-electron chi connectivity index (χ1n) is 5.75. The highest BCUT2D eigenvalue weighted by Crippen LogP contribution is 2.12. The fourth-order valence-corrected chi connectivity index (χ4v) is 1.86. The second-order valence-corrected chi connectivity index (χ2v) is 4.15. The van der Waals surface area contributed by atoms with E-state index in [1.165, 1.54) is 17.2 Å². The molecule has 0 amide bonds. The summed E-state index contributed by atoms with van der Waals surface area (Å²) in [6, 6.07) is 15.1. The normalized spacial score (nSPS) is 10.5. The van der Waals surface area contributed by atoms with Gasteiger partial charge in [0.25, 0.3) is 0 Å². The minimum absolute atomic E-state index is 0.172. The molecule has 2 rings (SSSR count). The van der Waals surface area contributed by atoms with E-state index >= 15 is 0 Å². The molecule has 0 heterocycles. The molecule has 17 heavy (non-hydrogen) atoms. The minimum atomic E-state index is -0.172. The quantitative estimate of drug-likeness (QED) is 0.849. The maximum Gasteiger partial charge on any atom is 0.123 e. The maximum absolute atomic E-state index is 13.0. The molecule has 0 spiro atoms. The topological polar surface area (TPSA) is 12.0 Å². The molecule has 0 atom stereocenters. The predicted octanol–water partition coefficient (Wildman–Crippen LogP) is 3.14. The average Bonchev–Trinajstić information content (AvgIpc) is 2.32. The Kier molecular flexibility index (Phi) is 3.89. The molecule has 0 unspecified atom stereocenters. The first kappa shape index (κ1) is 11.8. The van der Waals surface area contributed by atoms with Gasteiger partial charge in [-0.1, -0.05) is 36.4 Å². The molecule has 0 saturated carbocycles. The van der Waals surface area contributed by atoms with Crippen molar-refractivity contribution in [2.75, 3.05) is 7.05 Å². The van der Waals surface area contributed by atoms with Gasteiger partial charge >= 0.3 is 0 Å². The zero-order chi connectivity index (χ0) is 12.1. The van der Waals surface area contributed by atoms with Gasteiger partial charge in [-0.05, 0) is 42.3 Å². The third-order valence-corrected chi connectivity index (χ3v) is 2.70. The van der Waals surface area contributed by atoms with Crippen LogP contribution in [-0.4, -0.2) is 7.05 Å². The van der Waals surface area contributed by atoms with Crippen LogP contribution in [0.4, 0.5) is 4.39 Å². The Morgan fingerprint density at radius 3 is 2.29 bits per heavy atom. The lowest BCUT2D eigenvalue weighted by atomic mass is 10.0. The smallest absolute Gasteiger partial charge is 0.123 e. The van der Waals surface area contributed by atoms with Gasteiger partial charge in [-0.2, -0.15) is 0 Å². The molecule has 2 aromatic rings. The highest BCUT2D eigenvalue weighted by molar-refractivity contribution is 5.28. The summed E-state index contributed by atoms with van der Waals surface area (Å²) >= 11 is 0. The van der Waals surface area contributed by atoms with Crippen LogP contribution < -0.4 is 5.32 Å². The van der Waals surface area contributed by atoms with Crippen molar-refractivity contribution in [2.45, 2.75) is 13.0 Å². The van der Waals surface area contributed by atoms with Gasteiger partial charge in [0.1, 0.15) is 5.82 Å². The van der Waals surface area contributed by atoms with Crippen molar-refractivity contribution >= 4 is 0 Å². The summed E-state index contributed by atoms with van der Waals surface area (Å²) in [6.45, 7) is 0.875. The Hall–Kier alpha value is -1.67. The monoisotopic (exact) mass is 229 g/mol. The van der Waals surface area contributed by atoms with Crippen molar-refractivity contribution in [3.63, 3.8) is 0 Å². The molecule has 2 heteroatoms. The first-order chi connectivity index (χ1) is 8.28. The van der Waals surface area contributed by atoms with Gasteiger partial charge < -0.3 is 5.32 Å². The van der Waals surface area contributed by atoms with Crippen LogP contribution in [-0.2, 0) is 13.0 Å². The molecule has 1 nitrogen and oxygen atoms in total. The lowest BCUT2D eigenvalue weighted by Gasteiger charge is -2.04. The third-order valence-electron chi connectivity index (χ3n) is 2.70. The summed E-state index contributed by atoms with van der Waals surface area (Å²) in [5.74, 6) is -0.172.